The number of benzene rings is 2. The van der Waals surface area contributed by atoms with Crippen molar-refractivity contribution in [2.75, 3.05) is 14.2 Å². The molecule has 21 heavy (non-hydrogen) atoms. The normalized spacial score (nSPS) is 11.8. The largest absolute Gasteiger partial charge is 0.497 e. The Morgan fingerprint density at radius 2 is 1.67 bits per heavy atom. The zero-order valence-corrected chi connectivity index (χ0v) is 13.1. The summed E-state index contributed by atoms with van der Waals surface area (Å²) in [5, 5.41) is 0.623. The van der Waals surface area contributed by atoms with Crippen LogP contribution >= 0.6 is 11.6 Å². The average molecular weight is 304 g/mol. The number of carbonyl (C=O) groups is 1. The monoisotopic (exact) mass is 303 g/mol. The number of nitrogens with zero attached hydrogens (tertiary/aromatic N) is 1. The molecule has 0 radical (unpaired) electrons. The molecule has 0 spiro atoms. The minimum atomic E-state index is -0.0324. The third kappa shape index (κ3) is 3.56. The van der Waals surface area contributed by atoms with Gasteiger partial charge in [0.1, 0.15) is 5.75 Å². The van der Waals surface area contributed by atoms with Gasteiger partial charge in [-0.1, -0.05) is 23.7 Å². The average Bonchev–Trinajstić information content (AvgIpc) is 2.53. The number of hydrogen-bond donors (Lipinski definition) is 0. The molecule has 0 heterocycles. The summed E-state index contributed by atoms with van der Waals surface area (Å²) in [6, 6.07) is 14.6. The topological polar surface area (TPSA) is 29.5 Å². The second kappa shape index (κ2) is 6.64. The van der Waals surface area contributed by atoms with Gasteiger partial charge in [0, 0.05) is 17.6 Å². The molecule has 0 fully saturated rings. The van der Waals surface area contributed by atoms with E-state index >= 15 is 0 Å². The van der Waals surface area contributed by atoms with E-state index in [4.69, 9.17) is 16.3 Å². The quantitative estimate of drug-likeness (QED) is 0.848. The molecule has 1 unspecified atom stereocenters. The second-order valence-corrected chi connectivity index (χ2v) is 5.31. The first kappa shape index (κ1) is 15.4. The van der Waals surface area contributed by atoms with Gasteiger partial charge in [-0.2, -0.15) is 0 Å². The molecule has 0 saturated heterocycles. The third-order valence-corrected chi connectivity index (χ3v) is 3.84. The molecular formula is C17H18ClNO2. The van der Waals surface area contributed by atoms with Gasteiger partial charge in [-0.05, 0) is 48.9 Å². The molecule has 110 valence electrons. The molecule has 1 atom stereocenters. The molecule has 2 rings (SSSR count). The Hall–Kier alpha value is -2.00. The van der Waals surface area contributed by atoms with Crippen molar-refractivity contribution in [1.82, 2.24) is 4.90 Å². The standard InChI is InChI=1S/C17H18ClNO2/c1-12(13-6-10-16(21-3)11-7-13)19(2)17(20)14-4-8-15(18)9-5-14/h4-12H,1-3H3. The zero-order valence-electron chi connectivity index (χ0n) is 12.3. The first-order valence-corrected chi connectivity index (χ1v) is 7.07. The summed E-state index contributed by atoms with van der Waals surface area (Å²) in [5.74, 6) is 0.771. The maximum atomic E-state index is 12.5. The summed E-state index contributed by atoms with van der Waals surface area (Å²) in [6.07, 6.45) is 0. The molecule has 0 saturated carbocycles. The van der Waals surface area contributed by atoms with E-state index in [0.29, 0.717) is 10.6 Å². The SMILES string of the molecule is COc1ccc(C(C)N(C)C(=O)c2ccc(Cl)cc2)cc1. The van der Waals surface area contributed by atoms with Crippen molar-refractivity contribution in [2.45, 2.75) is 13.0 Å². The van der Waals surface area contributed by atoms with E-state index in [2.05, 4.69) is 0 Å². The van der Waals surface area contributed by atoms with Crippen LogP contribution in [0.25, 0.3) is 0 Å². The van der Waals surface area contributed by atoms with E-state index < -0.39 is 0 Å². The van der Waals surface area contributed by atoms with Gasteiger partial charge in [0.15, 0.2) is 0 Å². The van der Waals surface area contributed by atoms with Crippen molar-refractivity contribution in [3.05, 3.63) is 64.7 Å². The summed E-state index contributed by atoms with van der Waals surface area (Å²) < 4.78 is 5.14. The van der Waals surface area contributed by atoms with Gasteiger partial charge in [0.25, 0.3) is 5.91 Å². The molecule has 0 bridgehead atoms. The molecule has 0 aliphatic carbocycles. The Morgan fingerprint density at radius 3 is 2.19 bits per heavy atom. The van der Waals surface area contributed by atoms with Gasteiger partial charge in [-0.15, -0.1) is 0 Å². The first-order chi connectivity index (χ1) is 10.0. The highest BCUT2D eigenvalue weighted by Gasteiger charge is 2.18. The van der Waals surface area contributed by atoms with Crippen LogP contribution in [0.15, 0.2) is 48.5 Å². The van der Waals surface area contributed by atoms with E-state index in [1.807, 2.05) is 31.2 Å². The zero-order chi connectivity index (χ0) is 15.4. The van der Waals surface area contributed by atoms with Gasteiger partial charge in [-0.3, -0.25) is 4.79 Å². The van der Waals surface area contributed by atoms with E-state index in [0.717, 1.165) is 11.3 Å². The van der Waals surface area contributed by atoms with Crippen LogP contribution < -0.4 is 4.74 Å². The Labute approximate surface area is 130 Å². The highest BCUT2D eigenvalue weighted by molar-refractivity contribution is 6.30. The molecule has 3 nitrogen and oxygen atoms in total. The molecule has 0 aromatic heterocycles. The van der Waals surface area contributed by atoms with Gasteiger partial charge in [0.05, 0.1) is 13.2 Å². The summed E-state index contributed by atoms with van der Waals surface area (Å²) in [4.78, 5) is 14.2. The molecule has 4 heteroatoms. The fourth-order valence-corrected chi connectivity index (χ4v) is 2.20. The van der Waals surface area contributed by atoms with Crippen LogP contribution in [0.3, 0.4) is 0 Å². The van der Waals surface area contributed by atoms with Gasteiger partial charge < -0.3 is 9.64 Å². The lowest BCUT2D eigenvalue weighted by Gasteiger charge is -2.25. The molecule has 2 aromatic rings. The summed E-state index contributed by atoms with van der Waals surface area (Å²) >= 11 is 5.85. The lowest BCUT2D eigenvalue weighted by Crippen LogP contribution is -2.29. The first-order valence-electron chi connectivity index (χ1n) is 6.69. The van der Waals surface area contributed by atoms with Crippen molar-refractivity contribution >= 4 is 17.5 Å². The highest BCUT2D eigenvalue weighted by atomic mass is 35.5. The summed E-state index contributed by atoms with van der Waals surface area (Å²) in [6.45, 7) is 2.00. The highest BCUT2D eigenvalue weighted by Crippen LogP contribution is 2.23. The van der Waals surface area contributed by atoms with Crippen molar-refractivity contribution in [1.29, 1.82) is 0 Å². The van der Waals surface area contributed by atoms with E-state index in [9.17, 15) is 4.79 Å². The van der Waals surface area contributed by atoms with Crippen molar-refractivity contribution < 1.29 is 9.53 Å². The minimum absolute atomic E-state index is 0.0286. The molecule has 1 amide bonds. The van der Waals surface area contributed by atoms with Crippen LogP contribution in [0, 0.1) is 0 Å². The van der Waals surface area contributed by atoms with Crippen LogP contribution in [-0.4, -0.2) is 25.0 Å². The molecule has 0 aliphatic heterocycles. The van der Waals surface area contributed by atoms with Crippen LogP contribution in [0.2, 0.25) is 5.02 Å². The molecule has 2 aromatic carbocycles. The Balaban J connectivity index is 2.15. The molecule has 0 aliphatic rings. The Morgan fingerprint density at radius 1 is 1.10 bits per heavy atom. The lowest BCUT2D eigenvalue weighted by molar-refractivity contribution is 0.0742. The van der Waals surface area contributed by atoms with Gasteiger partial charge in [-0.25, -0.2) is 0 Å². The number of halogens is 1. The molecule has 0 N–H and O–H groups in total. The minimum Gasteiger partial charge on any atom is -0.497 e. The van der Waals surface area contributed by atoms with Crippen molar-refractivity contribution in [2.24, 2.45) is 0 Å². The number of carbonyl (C=O) groups excluding carboxylic acids is 1. The van der Waals surface area contributed by atoms with Gasteiger partial charge >= 0.3 is 0 Å². The van der Waals surface area contributed by atoms with Crippen molar-refractivity contribution in [3.63, 3.8) is 0 Å². The predicted octanol–water partition coefficient (Wildman–Crippen LogP) is 4.18. The fourth-order valence-electron chi connectivity index (χ4n) is 2.08. The van der Waals surface area contributed by atoms with Gasteiger partial charge in [0.2, 0.25) is 0 Å². The maximum Gasteiger partial charge on any atom is 0.254 e. The Bertz CT molecular complexity index is 608. The number of hydrogen-bond acceptors (Lipinski definition) is 2. The second-order valence-electron chi connectivity index (χ2n) is 4.87. The number of amides is 1. The fraction of sp³-hybridized carbons (Fsp3) is 0.235. The lowest BCUT2D eigenvalue weighted by atomic mass is 10.1. The summed E-state index contributed by atoms with van der Waals surface area (Å²) in [5.41, 5.74) is 1.68. The van der Waals surface area contributed by atoms with Crippen LogP contribution in [-0.2, 0) is 0 Å². The number of methoxy groups -OCH3 is 1. The molecular weight excluding hydrogens is 286 g/mol. The van der Waals surface area contributed by atoms with Crippen molar-refractivity contribution in [3.8, 4) is 5.75 Å². The Kier molecular flexibility index (Phi) is 4.86. The van der Waals surface area contributed by atoms with Crippen LogP contribution in [0.4, 0.5) is 0 Å². The summed E-state index contributed by atoms with van der Waals surface area (Å²) in [7, 11) is 3.43. The number of ether oxygens (including phenoxy) is 1. The predicted molar refractivity (Wildman–Crippen MR) is 85.0 cm³/mol. The van der Waals surface area contributed by atoms with E-state index in [1.54, 1.807) is 43.3 Å². The van der Waals surface area contributed by atoms with E-state index in [-0.39, 0.29) is 11.9 Å². The maximum absolute atomic E-state index is 12.5. The van der Waals surface area contributed by atoms with E-state index in [1.165, 1.54) is 0 Å². The van der Waals surface area contributed by atoms with Crippen LogP contribution in [0.1, 0.15) is 28.9 Å². The van der Waals surface area contributed by atoms with Crippen LogP contribution in [0.5, 0.6) is 5.75 Å². The number of rotatable bonds is 4. The smallest absolute Gasteiger partial charge is 0.254 e. The third-order valence-electron chi connectivity index (χ3n) is 3.59.